The van der Waals surface area contributed by atoms with Gasteiger partial charge in [0.15, 0.2) is 0 Å². The van der Waals surface area contributed by atoms with Crippen LogP contribution >= 0.6 is 0 Å². The monoisotopic (exact) mass is 345 g/mol. The van der Waals surface area contributed by atoms with E-state index >= 15 is 0 Å². The van der Waals surface area contributed by atoms with E-state index in [4.69, 9.17) is 0 Å². The molecule has 0 bridgehead atoms. The third-order valence-corrected chi connectivity index (χ3v) is 2.05. The summed E-state index contributed by atoms with van der Waals surface area (Å²) in [6, 6.07) is 5.79. The van der Waals surface area contributed by atoms with Gasteiger partial charge in [-0.3, -0.25) is 0 Å². The van der Waals surface area contributed by atoms with Crippen molar-refractivity contribution >= 4 is 11.4 Å². The van der Waals surface area contributed by atoms with E-state index in [1.54, 1.807) is 14.1 Å². The van der Waals surface area contributed by atoms with Gasteiger partial charge in [-0.15, -0.1) is 0 Å². The minimum atomic E-state index is 0. The van der Waals surface area contributed by atoms with Crippen LogP contribution in [0.1, 0.15) is 25.2 Å². The molecule has 1 heterocycles. The fourth-order valence-electron chi connectivity index (χ4n) is 1.29. The van der Waals surface area contributed by atoms with E-state index in [0.29, 0.717) is 0 Å². The number of pyridine rings is 1. The molecule has 19 heavy (non-hydrogen) atoms. The summed E-state index contributed by atoms with van der Waals surface area (Å²) in [5.41, 5.74) is 8.88. The zero-order valence-corrected chi connectivity index (χ0v) is 13.8. The molecule has 108 valence electrons. The Morgan fingerprint density at radius 1 is 0.947 bits per heavy atom. The Balaban J connectivity index is -0.000000853. The zero-order valence-electron chi connectivity index (χ0n) is 11.2. The molecular weight excluding hydrogens is 329 g/mol. The van der Waals surface area contributed by atoms with Crippen molar-refractivity contribution in [1.29, 1.82) is 0 Å². The summed E-state index contributed by atoms with van der Waals surface area (Å²) >= 11 is 0. The van der Waals surface area contributed by atoms with Crippen LogP contribution in [0.4, 0.5) is 0 Å². The van der Waals surface area contributed by atoms with Crippen LogP contribution in [0.5, 0.6) is 0 Å². The normalized spacial score (nSPS) is 10.5. The Morgan fingerprint density at radius 2 is 1.32 bits per heavy atom. The van der Waals surface area contributed by atoms with E-state index in [1.165, 1.54) is 0 Å². The molecule has 0 aliphatic carbocycles. The van der Waals surface area contributed by atoms with Crippen molar-refractivity contribution in [3.8, 4) is 0 Å². The van der Waals surface area contributed by atoms with Gasteiger partial charge in [-0.25, -0.2) is 4.98 Å². The van der Waals surface area contributed by atoms with E-state index in [0.717, 1.165) is 22.8 Å². The number of hydrogen-bond donors (Lipinski definition) is 2. The second kappa shape index (κ2) is 12.2. The number of rotatable bonds is 4. The Bertz CT molecular complexity index is 388. The molecule has 0 fully saturated rings. The first-order valence-corrected chi connectivity index (χ1v) is 5.09. The Morgan fingerprint density at radius 3 is 1.63 bits per heavy atom. The van der Waals surface area contributed by atoms with Gasteiger partial charge in [0.05, 0.1) is 22.8 Å². The zero-order chi connectivity index (χ0) is 12.0. The summed E-state index contributed by atoms with van der Waals surface area (Å²) < 4.78 is 0. The molecule has 0 saturated carbocycles. The molecule has 8 heteroatoms. The first-order chi connectivity index (χ1) is 7.69. The van der Waals surface area contributed by atoms with E-state index in [9.17, 15) is 0 Å². The topological polar surface area (TPSA) is 61.7 Å². The molecule has 2 N–H and O–H groups in total. The summed E-state index contributed by atoms with van der Waals surface area (Å²) in [5.74, 6) is 0. The molecule has 0 spiro atoms. The van der Waals surface area contributed by atoms with Gasteiger partial charge in [0.1, 0.15) is 0 Å². The van der Waals surface area contributed by atoms with Crippen molar-refractivity contribution in [2.75, 3.05) is 14.1 Å². The van der Waals surface area contributed by atoms with Crippen molar-refractivity contribution in [3.63, 3.8) is 0 Å². The fourth-order valence-corrected chi connectivity index (χ4v) is 1.29. The van der Waals surface area contributed by atoms with Crippen molar-refractivity contribution in [1.82, 2.24) is 15.8 Å². The van der Waals surface area contributed by atoms with E-state index in [2.05, 4.69) is 26.0 Å². The van der Waals surface area contributed by atoms with Crippen molar-refractivity contribution in [3.05, 3.63) is 29.6 Å². The number of hydrogen-bond acceptors (Lipinski definition) is 5. The van der Waals surface area contributed by atoms with Gasteiger partial charge in [-0.05, 0) is 26.0 Å². The van der Waals surface area contributed by atoms with Crippen LogP contribution < -0.4 is 35.7 Å². The minimum absolute atomic E-state index is 0. The molecule has 0 aliphatic rings. The largest absolute Gasteiger partial charge is 2.00 e. The van der Waals surface area contributed by atoms with Crippen LogP contribution in [0.2, 0.25) is 0 Å². The van der Waals surface area contributed by atoms with Crippen LogP contribution in [0.25, 0.3) is 0 Å². The van der Waals surface area contributed by atoms with Gasteiger partial charge in [-0.1, -0.05) is 6.07 Å². The predicted octanol–water partition coefficient (Wildman–Crippen LogP) is -5.03. The SMILES string of the molecule is CNN=C(C)c1cccc(C(C)=NNC)n1.[Cl-].[Cl-].[Fe+2]. The third-order valence-electron chi connectivity index (χ3n) is 2.05. The predicted molar refractivity (Wildman–Crippen MR) is 66.8 cm³/mol. The molecule has 0 amide bonds. The summed E-state index contributed by atoms with van der Waals surface area (Å²) in [6.07, 6.45) is 0. The summed E-state index contributed by atoms with van der Waals surface area (Å²) in [7, 11) is 3.53. The number of aromatic nitrogens is 1. The number of hydrazone groups is 2. The van der Waals surface area contributed by atoms with Crippen molar-refractivity contribution in [2.24, 2.45) is 10.2 Å². The molecule has 1 rings (SSSR count). The van der Waals surface area contributed by atoms with Gasteiger partial charge >= 0.3 is 17.1 Å². The van der Waals surface area contributed by atoms with Gasteiger partial charge in [0.25, 0.3) is 0 Å². The van der Waals surface area contributed by atoms with E-state index in [-0.39, 0.29) is 41.9 Å². The van der Waals surface area contributed by atoms with E-state index in [1.807, 2.05) is 32.0 Å². The summed E-state index contributed by atoms with van der Waals surface area (Å²) in [6.45, 7) is 3.82. The second-order valence-electron chi connectivity index (χ2n) is 3.25. The molecule has 0 saturated heterocycles. The number of halogens is 2. The van der Waals surface area contributed by atoms with Gasteiger partial charge in [-0.2, -0.15) is 10.2 Å². The van der Waals surface area contributed by atoms with Gasteiger partial charge in [0.2, 0.25) is 0 Å². The minimum Gasteiger partial charge on any atom is -1.00 e. The van der Waals surface area contributed by atoms with Crippen molar-refractivity contribution < 1.29 is 41.9 Å². The number of nitrogens with one attached hydrogen (secondary N) is 2. The Kier molecular flexibility index (Phi) is 15.0. The molecule has 0 unspecified atom stereocenters. The molecule has 0 aromatic carbocycles. The maximum Gasteiger partial charge on any atom is 2.00 e. The van der Waals surface area contributed by atoms with Gasteiger partial charge in [0, 0.05) is 14.1 Å². The number of nitrogens with zero attached hydrogens (tertiary/aromatic N) is 3. The standard InChI is InChI=1S/C11H17N5.2ClH.Fe/c1-8(15-12-3)10-6-5-7-11(14-10)9(2)16-13-4;;;/h5-7,12-13H,1-4H3;2*1H;/q;;;+2/p-2. The molecule has 5 nitrogen and oxygen atoms in total. The molecular formula is C11H17Cl2FeN5. The average molecular weight is 346 g/mol. The van der Waals surface area contributed by atoms with Crippen LogP contribution in [-0.4, -0.2) is 30.5 Å². The summed E-state index contributed by atoms with van der Waals surface area (Å²) in [4.78, 5) is 4.47. The third kappa shape index (κ3) is 7.38. The smallest absolute Gasteiger partial charge is 1.00 e. The molecule has 1 aromatic heterocycles. The van der Waals surface area contributed by atoms with Crippen LogP contribution in [0.3, 0.4) is 0 Å². The van der Waals surface area contributed by atoms with Crippen molar-refractivity contribution in [2.45, 2.75) is 13.8 Å². The maximum atomic E-state index is 4.47. The summed E-state index contributed by atoms with van der Waals surface area (Å²) in [5, 5.41) is 8.18. The first-order valence-electron chi connectivity index (χ1n) is 5.09. The van der Waals surface area contributed by atoms with Crippen LogP contribution in [0, 0.1) is 0 Å². The molecule has 0 radical (unpaired) electrons. The second-order valence-corrected chi connectivity index (χ2v) is 3.25. The van der Waals surface area contributed by atoms with E-state index < -0.39 is 0 Å². The average Bonchev–Trinajstić information content (AvgIpc) is 2.30. The molecule has 1 aromatic rings. The van der Waals surface area contributed by atoms with Crippen LogP contribution in [0.15, 0.2) is 28.4 Å². The fraction of sp³-hybridized carbons (Fsp3) is 0.364. The van der Waals surface area contributed by atoms with Gasteiger partial charge < -0.3 is 35.7 Å². The maximum absolute atomic E-state index is 4.47. The quantitative estimate of drug-likeness (QED) is 0.326. The molecule has 0 atom stereocenters. The Hall–Kier alpha value is -0.811. The van der Waals surface area contributed by atoms with Crippen LogP contribution in [-0.2, 0) is 17.1 Å². The Labute approximate surface area is 137 Å². The molecule has 0 aliphatic heterocycles. The first kappa shape index (κ1) is 23.3.